The predicted octanol–water partition coefficient (Wildman–Crippen LogP) is 4.96. The fourth-order valence-corrected chi connectivity index (χ4v) is 2.50. The third kappa shape index (κ3) is 7.47. The molecule has 0 unspecified atom stereocenters. The van der Waals surface area contributed by atoms with Crippen molar-refractivity contribution in [1.29, 1.82) is 0 Å². The van der Waals surface area contributed by atoms with E-state index in [1.807, 2.05) is 49.5 Å². The molecule has 2 N–H and O–H groups in total. The zero-order valence-electron chi connectivity index (χ0n) is 16.5. The van der Waals surface area contributed by atoms with E-state index >= 15 is 0 Å². The van der Waals surface area contributed by atoms with Gasteiger partial charge in [-0.15, -0.1) is 0 Å². The number of carbonyl (C=O) groups excluding carboxylic acids is 1. The molecule has 0 bridgehead atoms. The highest BCUT2D eigenvalue weighted by Gasteiger charge is 2.15. The van der Waals surface area contributed by atoms with Crippen LogP contribution in [-0.4, -0.2) is 26.7 Å². The van der Waals surface area contributed by atoms with Crippen LogP contribution in [0.4, 0.5) is 10.1 Å². The topological polar surface area (TPSA) is 50.4 Å². The van der Waals surface area contributed by atoms with E-state index in [-0.39, 0.29) is 17.9 Å². The van der Waals surface area contributed by atoms with Crippen LogP contribution in [0.3, 0.4) is 0 Å². The van der Waals surface area contributed by atoms with Crippen molar-refractivity contribution in [1.82, 2.24) is 5.32 Å². The molecule has 1 amide bonds. The van der Waals surface area contributed by atoms with E-state index in [4.69, 9.17) is 16.3 Å². The van der Waals surface area contributed by atoms with Crippen molar-refractivity contribution in [3.63, 3.8) is 0 Å². The zero-order valence-corrected chi connectivity index (χ0v) is 17.3. The van der Waals surface area contributed by atoms with Gasteiger partial charge in [0.15, 0.2) is 6.61 Å². The smallest absolute Gasteiger partial charge is 0.258 e. The third-order valence-electron chi connectivity index (χ3n) is 3.89. The normalized spacial score (nSPS) is 10.5. The number of hydrogen-bond acceptors (Lipinski definition) is 3. The summed E-state index contributed by atoms with van der Waals surface area (Å²) in [5, 5.41) is 6.41. The van der Waals surface area contributed by atoms with Crippen molar-refractivity contribution >= 4 is 23.2 Å². The van der Waals surface area contributed by atoms with Crippen molar-refractivity contribution in [2.75, 3.05) is 26.1 Å². The number of hydrogen-bond donors (Lipinski definition) is 2. The summed E-state index contributed by atoms with van der Waals surface area (Å²) < 4.78 is 15.0. The van der Waals surface area contributed by atoms with Crippen LogP contribution in [-0.2, 0) is 16.8 Å². The third-order valence-corrected chi connectivity index (χ3v) is 4.18. The molecule has 0 aliphatic carbocycles. The first-order valence-electron chi connectivity index (χ1n) is 8.63. The number of ether oxygens (including phenoxy) is 1. The van der Waals surface area contributed by atoms with E-state index in [0.29, 0.717) is 24.5 Å². The molecule has 0 spiro atoms. The Bertz CT molecular complexity index is 728. The lowest BCUT2D eigenvalue weighted by Gasteiger charge is -2.20. The molecule has 27 heavy (non-hydrogen) atoms. The Morgan fingerprint density at radius 3 is 2.26 bits per heavy atom. The van der Waals surface area contributed by atoms with Crippen LogP contribution in [0.1, 0.15) is 31.9 Å². The number of benzene rings is 2. The lowest BCUT2D eigenvalue weighted by atomic mass is 9.87. The maximum absolute atomic E-state index is 12.0. The quantitative estimate of drug-likeness (QED) is 0.728. The van der Waals surface area contributed by atoms with Crippen molar-refractivity contribution in [2.24, 2.45) is 0 Å². The second kappa shape index (κ2) is 10.8. The summed E-state index contributed by atoms with van der Waals surface area (Å²) in [6.07, 6.45) is 0. The first-order valence-corrected chi connectivity index (χ1v) is 9.01. The molecule has 2 rings (SSSR count). The van der Waals surface area contributed by atoms with Crippen LogP contribution in [0.25, 0.3) is 0 Å². The van der Waals surface area contributed by atoms with Crippen molar-refractivity contribution < 1.29 is 13.9 Å². The van der Waals surface area contributed by atoms with Crippen LogP contribution < -0.4 is 15.4 Å². The van der Waals surface area contributed by atoms with Crippen LogP contribution in [0.5, 0.6) is 5.75 Å². The molecule has 4 nitrogen and oxygen atoms in total. The molecule has 0 fully saturated rings. The molecule has 2 aromatic carbocycles. The number of carbonyl (C=O) groups is 1. The SMILES string of the molecule is CF.CNc1ccc(CNC(=O)COc2ccc(C(C)(C)C)cc2Cl)cc1. The highest BCUT2D eigenvalue weighted by molar-refractivity contribution is 6.32. The molecule has 0 heterocycles. The number of halogens is 2. The minimum atomic E-state index is -0.186. The molecule has 0 aromatic heterocycles. The Hall–Kier alpha value is -2.27. The number of nitrogens with one attached hydrogen (secondary N) is 2. The minimum Gasteiger partial charge on any atom is -0.482 e. The molecule has 0 saturated carbocycles. The first kappa shape index (κ1) is 22.8. The summed E-state index contributed by atoms with van der Waals surface area (Å²) in [6.45, 7) is 6.76. The van der Waals surface area contributed by atoms with E-state index in [1.54, 1.807) is 0 Å². The van der Waals surface area contributed by atoms with Crippen molar-refractivity contribution in [3.8, 4) is 5.75 Å². The molecule has 6 heteroatoms. The summed E-state index contributed by atoms with van der Waals surface area (Å²) in [7, 11) is 2.37. The van der Waals surface area contributed by atoms with Crippen molar-refractivity contribution in [2.45, 2.75) is 32.7 Å². The molecule has 0 aliphatic rings. The second-order valence-corrected chi connectivity index (χ2v) is 7.31. The number of alkyl halides is 1. The summed E-state index contributed by atoms with van der Waals surface area (Å²) >= 11 is 6.26. The second-order valence-electron chi connectivity index (χ2n) is 6.91. The van der Waals surface area contributed by atoms with Crippen LogP contribution in [0, 0.1) is 0 Å². The largest absolute Gasteiger partial charge is 0.482 e. The van der Waals surface area contributed by atoms with Gasteiger partial charge in [0.25, 0.3) is 5.91 Å². The van der Waals surface area contributed by atoms with E-state index in [9.17, 15) is 9.18 Å². The molecular formula is C21H28ClFN2O2. The molecule has 0 atom stereocenters. The van der Waals surface area contributed by atoms with Gasteiger partial charge < -0.3 is 15.4 Å². The molecule has 2 aromatic rings. The molecule has 148 valence electrons. The average Bonchev–Trinajstić information content (AvgIpc) is 2.66. The molecule has 0 saturated heterocycles. The van der Waals surface area contributed by atoms with E-state index in [1.165, 1.54) is 0 Å². The Labute approximate surface area is 166 Å². The van der Waals surface area contributed by atoms with Crippen LogP contribution in [0.15, 0.2) is 42.5 Å². The Kier molecular flexibility index (Phi) is 9.09. The van der Waals surface area contributed by atoms with Gasteiger partial charge in [0.05, 0.1) is 12.2 Å². The summed E-state index contributed by atoms with van der Waals surface area (Å²) in [5.41, 5.74) is 3.20. The van der Waals surface area contributed by atoms with Gasteiger partial charge in [0, 0.05) is 19.3 Å². The molecular weight excluding hydrogens is 367 g/mol. The van der Waals surface area contributed by atoms with Gasteiger partial charge in [-0.25, -0.2) is 0 Å². The lowest BCUT2D eigenvalue weighted by molar-refractivity contribution is -0.123. The zero-order chi connectivity index (χ0) is 20.4. The van der Waals surface area contributed by atoms with Crippen molar-refractivity contribution in [3.05, 3.63) is 58.6 Å². The highest BCUT2D eigenvalue weighted by atomic mass is 35.5. The maximum Gasteiger partial charge on any atom is 0.258 e. The monoisotopic (exact) mass is 394 g/mol. The van der Waals surface area contributed by atoms with Crippen LogP contribution >= 0.6 is 11.6 Å². The Morgan fingerprint density at radius 2 is 1.74 bits per heavy atom. The van der Waals surface area contributed by atoms with Gasteiger partial charge in [-0.3, -0.25) is 9.18 Å². The van der Waals surface area contributed by atoms with Gasteiger partial charge in [0.2, 0.25) is 0 Å². The van der Waals surface area contributed by atoms with Gasteiger partial charge in [-0.05, 0) is 40.8 Å². The number of amides is 1. The summed E-state index contributed by atoms with van der Waals surface area (Å²) in [4.78, 5) is 12.0. The molecule has 0 aliphatic heterocycles. The average molecular weight is 395 g/mol. The van der Waals surface area contributed by atoms with Crippen LogP contribution in [0.2, 0.25) is 5.02 Å². The van der Waals surface area contributed by atoms with Gasteiger partial charge in [0.1, 0.15) is 5.75 Å². The van der Waals surface area contributed by atoms with Gasteiger partial charge >= 0.3 is 0 Å². The summed E-state index contributed by atoms with van der Waals surface area (Å²) in [6, 6.07) is 13.5. The fourth-order valence-electron chi connectivity index (χ4n) is 2.27. The maximum atomic E-state index is 12.0. The minimum absolute atomic E-state index is 0.0163. The lowest BCUT2D eigenvalue weighted by Crippen LogP contribution is -2.28. The Balaban J connectivity index is 0.00000176. The number of anilines is 1. The standard InChI is InChI=1S/C20H25ClN2O2.CH3F/c1-20(2,3)15-7-10-18(17(21)11-15)25-13-19(24)23-12-14-5-8-16(22-4)9-6-14;1-2/h5-11,22H,12-13H2,1-4H3,(H,23,24);1H3. The highest BCUT2D eigenvalue weighted by Crippen LogP contribution is 2.31. The van der Waals surface area contributed by atoms with E-state index in [2.05, 4.69) is 31.4 Å². The molecule has 0 radical (unpaired) electrons. The summed E-state index contributed by atoms with van der Waals surface area (Å²) in [5.74, 6) is 0.330. The van der Waals surface area contributed by atoms with Gasteiger partial charge in [-0.2, -0.15) is 0 Å². The number of rotatable bonds is 6. The Morgan fingerprint density at radius 1 is 1.11 bits per heavy atom. The first-order chi connectivity index (χ1) is 12.8. The van der Waals surface area contributed by atoms with E-state index < -0.39 is 0 Å². The van der Waals surface area contributed by atoms with E-state index in [0.717, 1.165) is 16.8 Å². The predicted molar refractivity (Wildman–Crippen MR) is 111 cm³/mol. The fraction of sp³-hybridized carbons (Fsp3) is 0.381. The van der Waals surface area contributed by atoms with Gasteiger partial charge in [-0.1, -0.05) is 50.6 Å².